The van der Waals surface area contributed by atoms with Gasteiger partial charge in [0.2, 0.25) is 15.8 Å². The van der Waals surface area contributed by atoms with Gasteiger partial charge in [-0.3, -0.25) is 9.59 Å². The van der Waals surface area contributed by atoms with Crippen LogP contribution in [0.3, 0.4) is 0 Å². The molecule has 1 N–H and O–H groups in total. The molecule has 0 fully saturated rings. The molecule has 0 aromatic heterocycles. The fourth-order valence-electron chi connectivity index (χ4n) is 2.39. The Labute approximate surface area is 153 Å². The maximum Gasteiger partial charge on any atom is 0.307 e. The third-order valence-corrected chi connectivity index (χ3v) is 5.20. The van der Waals surface area contributed by atoms with Crippen LogP contribution < -0.4 is 4.72 Å². The second kappa shape index (κ2) is 8.73. The molecule has 0 saturated heterocycles. The molecule has 2 aromatic rings. The highest BCUT2D eigenvalue weighted by Gasteiger charge is 2.15. The molecule has 0 amide bonds. The van der Waals surface area contributed by atoms with Crippen LogP contribution in [0.2, 0.25) is 0 Å². The summed E-state index contributed by atoms with van der Waals surface area (Å²) in [5, 5.41) is 0. The summed E-state index contributed by atoms with van der Waals surface area (Å²) in [5.74, 6) is -0.931. The molecule has 7 heteroatoms. The van der Waals surface area contributed by atoms with Gasteiger partial charge in [0.25, 0.3) is 0 Å². The van der Waals surface area contributed by atoms with E-state index in [2.05, 4.69) is 4.72 Å². The summed E-state index contributed by atoms with van der Waals surface area (Å²) < 4.78 is 31.3. The van der Waals surface area contributed by atoms with Gasteiger partial charge in [0, 0.05) is 12.1 Å². The Balaban J connectivity index is 1.79. The molecular formula is C19H21NO5S. The number of sulfonamides is 1. The van der Waals surface area contributed by atoms with E-state index in [0.29, 0.717) is 5.56 Å². The second-order valence-corrected chi connectivity index (χ2v) is 7.63. The molecule has 0 bridgehead atoms. The maximum atomic E-state index is 12.1. The zero-order valence-corrected chi connectivity index (χ0v) is 15.5. The van der Waals surface area contributed by atoms with E-state index in [1.807, 2.05) is 26.0 Å². The SMILES string of the molecule is Cc1ccc(C(=O)COC(=O)CCNS(=O)(=O)c2ccccc2)c(C)c1. The van der Waals surface area contributed by atoms with Gasteiger partial charge >= 0.3 is 5.97 Å². The third kappa shape index (κ3) is 5.50. The monoisotopic (exact) mass is 375 g/mol. The molecule has 6 nitrogen and oxygen atoms in total. The quantitative estimate of drug-likeness (QED) is 0.565. The van der Waals surface area contributed by atoms with Crippen molar-refractivity contribution in [2.24, 2.45) is 0 Å². The molecule has 0 atom stereocenters. The first-order valence-corrected chi connectivity index (χ1v) is 9.59. The number of ether oxygens (including phenoxy) is 1. The zero-order valence-electron chi connectivity index (χ0n) is 14.7. The summed E-state index contributed by atoms with van der Waals surface area (Å²) in [6.07, 6.45) is -0.160. The zero-order chi connectivity index (χ0) is 19.2. The van der Waals surface area contributed by atoms with E-state index >= 15 is 0 Å². The third-order valence-electron chi connectivity index (χ3n) is 3.72. The molecule has 0 saturated carbocycles. The molecule has 138 valence electrons. The number of Topliss-reactive ketones (excluding diaryl/α,β-unsaturated/α-hetero) is 1. The Morgan fingerprint density at radius 3 is 2.38 bits per heavy atom. The average Bonchev–Trinajstić information content (AvgIpc) is 2.60. The highest BCUT2D eigenvalue weighted by Crippen LogP contribution is 2.11. The number of carbonyl (C=O) groups excluding carboxylic acids is 2. The first-order chi connectivity index (χ1) is 12.3. The van der Waals surface area contributed by atoms with Gasteiger partial charge < -0.3 is 4.74 Å². The summed E-state index contributed by atoms with van der Waals surface area (Å²) in [7, 11) is -3.66. The lowest BCUT2D eigenvalue weighted by molar-refractivity contribution is -0.142. The predicted molar refractivity (Wildman–Crippen MR) is 97.5 cm³/mol. The highest BCUT2D eigenvalue weighted by atomic mass is 32.2. The van der Waals surface area contributed by atoms with Gasteiger partial charge in [0.15, 0.2) is 6.61 Å². The Bertz CT molecular complexity index is 891. The second-order valence-electron chi connectivity index (χ2n) is 5.86. The Hall–Kier alpha value is -2.51. The van der Waals surface area contributed by atoms with Crippen LogP contribution in [0.15, 0.2) is 53.4 Å². The number of hydrogen-bond acceptors (Lipinski definition) is 5. The Morgan fingerprint density at radius 1 is 1.04 bits per heavy atom. The van der Waals surface area contributed by atoms with E-state index in [9.17, 15) is 18.0 Å². The van der Waals surface area contributed by atoms with Gasteiger partial charge in [-0.1, -0.05) is 42.0 Å². The lowest BCUT2D eigenvalue weighted by Crippen LogP contribution is -2.27. The molecule has 0 heterocycles. The van der Waals surface area contributed by atoms with Crippen LogP contribution in [0.1, 0.15) is 27.9 Å². The van der Waals surface area contributed by atoms with E-state index in [0.717, 1.165) is 11.1 Å². The molecule has 0 unspecified atom stereocenters. The first kappa shape index (κ1) is 19.8. The van der Waals surface area contributed by atoms with Gasteiger partial charge in [-0.25, -0.2) is 13.1 Å². The van der Waals surface area contributed by atoms with Crippen molar-refractivity contribution in [2.75, 3.05) is 13.2 Å². The minimum Gasteiger partial charge on any atom is -0.457 e. The van der Waals surface area contributed by atoms with Crippen molar-refractivity contribution < 1.29 is 22.7 Å². The van der Waals surface area contributed by atoms with Crippen molar-refractivity contribution in [3.05, 3.63) is 65.2 Å². The van der Waals surface area contributed by atoms with Crippen LogP contribution in [-0.4, -0.2) is 33.3 Å². The van der Waals surface area contributed by atoms with E-state index in [1.54, 1.807) is 24.3 Å². The molecule has 0 aliphatic carbocycles. The largest absolute Gasteiger partial charge is 0.457 e. The van der Waals surface area contributed by atoms with Crippen molar-refractivity contribution in [2.45, 2.75) is 25.2 Å². The van der Waals surface area contributed by atoms with Gasteiger partial charge in [-0.15, -0.1) is 0 Å². The topological polar surface area (TPSA) is 89.5 Å². The van der Waals surface area contributed by atoms with Crippen molar-refractivity contribution in [1.82, 2.24) is 4.72 Å². The number of ketones is 1. The summed E-state index contributed by atoms with van der Waals surface area (Å²) in [5.41, 5.74) is 2.37. The van der Waals surface area contributed by atoms with Gasteiger partial charge in [-0.05, 0) is 31.5 Å². The van der Waals surface area contributed by atoms with Crippen molar-refractivity contribution in [3.8, 4) is 0 Å². The van der Waals surface area contributed by atoms with Crippen molar-refractivity contribution in [1.29, 1.82) is 0 Å². The minimum absolute atomic E-state index is 0.103. The summed E-state index contributed by atoms with van der Waals surface area (Å²) in [6.45, 7) is 3.28. The molecule has 26 heavy (non-hydrogen) atoms. The Morgan fingerprint density at radius 2 is 1.73 bits per heavy atom. The Kier molecular flexibility index (Phi) is 6.65. The van der Waals surface area contributed by atoms with Crippen LogP contribution in [0.4, 0.5) is 0 Å². The highest BCUT2D eigenvalue weighted by molar-refractivity contribution is 7.89. The maximum absolute atomic E-state index is 12.1. The standard InChI is InChI=1S/C19H21NO5S/c1-14-8-9-17(15(2)12-14)18(21)13-25-19(22)10-11-20-26(23,24)16-6-4-3-5-7-16/h3-9,12,20H,10-11,13H2,1-2H3. The van der Waals surface area contributed by atoms with E-state index in [-0.39, 0.29) is 30.3 Å². The molecule has 2 aromatic carbocycles. The van der Waals surface area contributed by atoms with Crippen molar-refractivity contribution in [3.63, 3.8) is 0 Å². The number of benzene rings is 2. The normalized spacial score (nSPS) is 11.2. The summed E-state index contributed by atoms with van der Waals surface area (Å²) in [6, 6.07) is 13.3. The van der Waals surface area contributed by atoms with Gasteiger partial charge in [0.1, 0.15) is 0 Å². The first-order valence-electron chi connectivity index (χ1n) is 8.10. The van der Waals surface area contributed by atoms with E-state index in [1.165, 1.54) is 12.1 Å². The number of carbonyl (C=O) groups is 2. The molecule has 0 aliphatic heterocycles. The van der Waals surface area contributed by atoms with Gasteiger partial charge in [-0.2, -0.15) is 0 Å². The number of rotatable bonds is 8. The number of aryl methyl sites for hydroxylation is 2. The molecule has 0 spiro atoms. The molecule has 0 aliphatic rings. The smallest absolute Gasteiger partial charge is 0.307 e. The summed E-state index contributed by atoms with van der Waals surface area (Å²) in [4.78, 5) is 24.0. The summed E-state index contributed by atoms with van der Waals surface area (Å²) >= 11 is 0. The van der Waals surface area contributed by atoms with Crippen LogP contribution >= 0.6 is 0 Å². The number of esters is 1. The van der Waals surface area contributed by atoms with Crippen LogP contribution in [0.25, 0.3) is 0 Å². The van der Waals surface area contributed by atoms with Gasteiger partial charge in [0.05, 0.1) is 11.3 Å². The number of nitrogens with one attached hydrogen (secondary N) is 1. The van der Waals surface area contributed by atoms with Crippen molar-refractivity contribution >= 4 is 21.8 Å². The molecular weight excluding hydrogens is 354 g/mol. The minimum atomic E-state index is -3.66. The molecule has 0 radical (unpaired) electrons. The fourth-order valence-corrected chi connectivity index (χ4v) is 3.45. The van der Waals surface area contributed by atoms with Crippen LogP contribution in [-0.2, 0) is 19.6 Å². The van der Waals surface area contributed by atoms with Crippen LogP contribution in [0, 0.1) is 13.8 Å². The lowest BCUT2D eigenvalue weighted by Gasteiger charge is -2.08. The van der Waals surface area contributed by atoms with E-state index in [4.69, 9.17) is 4.74 Å². The molecule has 2 rings (SSSR count). The predicted octanol–water partition coefficient (Wildman–Crippen LogP) is 2.40. The number of hydrogen-bond donors (Lipinski definition) is 1. The lowest BCUT2D eigenvalue weighted by atomic mass is 10.0. The van der Waals surface area contributed by atoms with Crippen LogP contribution in [0.5, 0.6) is 0 Å². The average molecular weight is 375 g/mol. The van der Waals surface area contributed by atoms with E-state index < -0.39 is 16.0 Å². The fraction of sp³-hybridized carbons (Fsp3) is 0.263.